The summed E-state index contributed by atoms with van der Waals surface area (Å²) in [4.78, 5) is 8.69. The SMILES string of the molecule is CN=C(NCc1cccc(OC)n1)NCc1ccc(C)cc1OCC1CCCO1. The third kappa shape index (κ3) is 6.35. The molecule has 1 aliphatic heterocycles. The van der Waals surface area contributed by atoms with Crippen LogP contribution in [0.2, 0.25) is 0 Å². The van der Waals surface area contributed by atoms with Crippen LogP contribution in [0.25, 0.3) is 0 Å². The molecule has 1 aromatic heterocycles. The molecule has 7 heteroatoms. The molecule has 3 rings (SSSR count). The zero-order chi connectivity index (χ0) is 20.5. The van der Waals surface area contributed by atoms with Crippen LogP contribution < -0.4 is 20.1 Å². The summed E-state index contributed by atoms with van der Waals surface area (Å²) in [5.74, 6) is 2.18. The molecule has 1 aliphatic rings. The Labute approximate surface area is 172 Å². The molecule has 2 aromatic rings. The molecule has 2 N–H and O–H groups in total. The summed E-state index contributed by atoms with van der Waals surface area (Å²) in [5, 5.41) is 6.62. The van der Waals surface area contributed by atoms with Gasteiger partial charge in [-0.25, -0.2) is 4.98 Å². The first-order chi connectivity index (χ1) is 14.2. The van der Waals surface area contributed by atoms with E-state index in [1.54, 1.807) is 14.2 Å². The van der Waals surface area contributed by atoms with Gasteiger partial charge in [-0.1, -0.05) is 18.2 Å². The van der Waals surface area contributed by atoms with Gasteiger partial charge in [0.2, 0.25) is 5.88 Å². The van der Waals surface area contributed by atoms with Crippen molar-refractivity contribution in [3.8, 4) is 11.6 Å². The minimum absolute atomic E-state index is 0.195. The first-order valence-corrected chi connectivity index (χ1v) is 9.96. The zero-order valence-electron chi connectivity index (χ0n) is 17.4. The van der Waals surface area contributed by atoms with Crippen LogP contribution in [0.15, 0.2) is 41.4 Å². The normalized spacial score (nSPS) is 16.5. The lowest BCUT2D eigenvalue weighted by molar-refractivity contribution is 0.0676. The van der Waals surface area contributed by atoms with Crippen molar-refractivity contribution in [3.05, 3.63) is 53.2 Å². The molecule has 0 saturated carbocycles. The molecule has 0 amide bonds. The Morgan fingerprint density at radius 2 is 2.10 bits per heavy atom. The summed E-state index contributed by atoms with van der Waals surface area (Å²) < 4.78 is 16.9. The summed E-state index contributed by atoms with van der Waals surface area (Å²) in [6.07, 6.45) is 2.37. The van der Waals surface area contributed by atoms with Gasteiger partial charge in [-0.15, -0.1) is 0 Å². The van der Waals surface area contributed by atoms with Crippen molar-refractivity contribution < 1.29 is 14.2 Å². The Balaban J connectivity index is 1.55. The van der Waals surface area contributed by atoms with E-state index < -0.39 is 0 Å². The molecule has 1 saturated heterocycles. The number of hydrogen-bond acceptors (Lipinski definition) is 5. The molecule has 0 radical (unpaired) electrons. The fourth-order valence-electron chi connectivity index (χ4n) is 3.14. The molecule has 1 aromatic carbocycles. The molecule has 1 atom stereocenters. The largest absolute Gasteiger partial charge is 0.491 e. The number of aliphatic imine (C=N–C) groups is 1. The minimum atomic E-state index is 0.195. The summed E-state index contributed by atoms with van der Waals surface area (Å²) >= 11 is 0. The molecule has 7 nitrogen and oxygen atoms in total. The van der Waals surface area contributed by atoms with Crippen molar-refractivity contribution in [2.75, 3.05) is 27.4 Å². The topological polar surface area (TPSA) is 77.0 Å². The number of benzene rings is 1. The van der Waals surface area contributed by atoms with Gasteiger partial charge in [-0.05, 0) is 37.5 Å². The Morgan fingerprint density at radius 3 is 2.86 bits per heavy atom. The maximum atomic E-state index is 6.07. The number of pyridine rings is 1. The van der Waals surface area contributed by atoms with Gasteiger partial charge >= 0.3 is 0 Å². The van der Waals surface area contributed by atoms with E-state index in [9.17, 15) is 0 Å². The first kappa shape index (κ1) is 20.9. The van der Waals surface area contributed by atoms with E-state index in [0.717, 1.165) is 36.5 Å². The predicted molar refractivity (Wildman–Crippen MR) is 113 cm³/mol. The lowest BCUT2D eigenvalue weighted by atomic mass is 10.1. The van der Waals surface area contributed by atoms with Crippen LogP contribution >= 0.6 is 0 Å². The number of ether oxygens (including phenoxy) is 3. The van der Waals surface area contributed by atoms with E-state index in [-0.39, 0.29) is 6.10 Å². The molecule has 29 heavy (non-hydrogen) atoms. The fraction of sp³-hybridized carbons (Fsp3) is 0.455. The highest BCUT2D eigenvalue weighted by Crippen LogP contribution is 2.22. The van der Waals surface area contributed by atoms with Crippen LogP contribution in [-0.4, -0.2) is 44.4 Å². The van der Waals surface area contributed by atoms with Gasteiger partial charge in [-0.3, -0.25) is 4.99 Å². The zero-order valence-corrected chi connectivity index (χ0v) is 17.4. The second kappa shape index (κ2) is 10.7. The molecule has 1 fully saturated rings. The van der Waals surface area contributed by atoms with Crippen LogP contribution in [0, 0.1) is 6.92 Å². The van der Waals surface area contributed by atoms with Crippen LogP contribution in [0.3, 0.4) is 0 Å². The Hall–Kier alpha value is -2.80. The smallest absolute Gasteiger partial charge is 0.213 e. The van der Waals surface area contributed by atoms with Gasteiger partial charge < -0.3 is 24.8 Å². The molecule has 0 spiro atoms. The summed E-state index contributed by atoms with van der Waals surface area (Å²) in [6, 6.07) is 11.9. The van der Waals surface area contributed by atoms with E-state index in [1.165, 1.54) is 5.56 Å². The second-order valence-electron chi connectivity index (χ2n) is 7.01. The van der Waals surface area contributed by atoms with Crippen molar-refractivity contribution in [2.24, 2.45) is 4.99 Å². The van der Waals surface area contributed by atoms with Gasteiger partial charge in [0.1, 0.15) is 12.4 Å². The molecule has 156 valence electrons. The molecule has 1 unspecified atom stereocenters. The quantitative estimate of drug-likeness (QED) is 0.526. The predicted octanol–water partition coefficient (Wildman–Crippen LogP) is 2.82. The van der Waals surface area contributed by atoms with E-state index in [2.05, 4.69) is 45.7 Å². The Kier molecular flexibility index (Phi) is 7.69. The Bertz CT molecular complexity index is 819. The second-order valence-corrected chi connectivity index (χ2v) is 7.01. The van der Waals surface area contributed by atoms with Crippen LogP contribution in [0.1, 0.15) is 29.7 Å². The monoisotopic (exact) mass is 398 g/mol. The van der Waals surface area contributed by atoms with E-state index in [1.807, 2.05) is 18.2 Å². The lowest BCUT2D eigenvalue weighted by Gasteiger charge is -2.17. The van der Waals surface area contributed by atoms with Crippen LogP contribution in [0.4, 0.5) is 0 Å². The van der Waals surface area contributed by atoms with Gasteiger partial charge in [0.05, 0.1) is 25.5 Å². The first-order valence-electron chi connectivity index (χ1n) is 9.96. The number of nitrogens with one attached hydrogen (secondary N) is 2. The highest BCUT2D eigenvalue weighted by Gasteiger charge is 2.17. The minimum Gasteiger partial charge on any atom is -0.491 e. The highest BCUT2D eigenvalue weighted by molar-refractivity contribution is 5.79. The standard InChI is InChI=1S/C22H30N4O3/c1-16-9-10-17(20(12-16)29-15-19-7-5-11-28-19)13-24-22(23-2)25-14-18-6-4-8-21(26-18)27-3/h4,6,8-10,12,19H,5,7,11,13-15H2,1-3H3,(H2,23,24,25). The lowest BCUT2D eigenvalue weighted by Crippen LogP contribution is -2.36. The molecular weight excluding hydrogens is 368 g/mol. The van der Waals surface area contributed by atoms with Gasteiger partial charge in [0.15, 0.2) is 5.96 Å². The molecular formula is C22H30N4O3. The molecule has 0 aliphatic carbocycles. The number of rotatable bonds is 8. The highest BCUT2D eigenvalue weighted by atomic mass is 16.5. The third-order valence-corrected chi connectivity index (χ3v) is 4.77. The third-order valence-electron chi connectivity index (χ3n) is 4.77. The van der Waals surface area contributed by atoms with Gasteiger partial charge in [0.25, 0.3) is 0 Å². The molecule has 2 heterocycles. The van der Waals surface area contributed by atoms with Crippen LogP contribution in [-0.2, 0) is 17.8 Å². The van der Waals surface area contributed by atoms with E-state index in [0.29, 0.717) is 31.5 Å². The fourth-order valence-corrected chi connectivity index (χ4v) is 3.14. The average molecular weight is 399 g/mol. The van der Waals surface area contributed by atoms with Crippen molar-refractivity contribution in [2.45, 2.75) is 39.0 Å². The molecule has 0 bridgehead atoms. The number of nitrogens with zero attached hydrogens (tertiary/aromatic N) is 2. The van der Waals surface area contributed by atoms with E-state index >= 15 is 0 Å². The number of guanidine groups is 1. The Morgan fingerprint density at radius 1 is 1.24 bits per heavy atom. The van der Waals surface area contributed by atoms with Crippen LogP contribution in [0.5, 0.6) is 11.6 Å². The maximum absolute atomic E-state index is 6.07. The van der Waals surface area contributed by atoms with Crippen molar-refractivity contribution in [3.63, 3.8) is 0 Å². The van der Waals surface area contributed by atoms with Gasteiger partial charge in [-0.2, -0.15) is 0 Å². The number of hydrogen-bond donors (Lipinski definition) is 2. The van der Waals surface area contributed by atoms with Crippen molar-refractivity contribution in [1.82, 2.24) is 15.6 Å². The summed E-state index contributed by atoms with van der Waals surface area (Å²) in [7, 11) is 3.36. The number of aromatic nitrogens is 1. The number of methoxy groups -OCH3 is 1. The van der Waals surface area contributed by atoms with Gasteiger partial charge in [0, 0.05) is 31.8 Å². The van der Waals surface area contributed by atoms with E-state index in [4.69, 9.17) is 14.2 Å². The number of aryl methyl sites for hydroxylation is 1. The summed E-state index contributed by atoms with van der Waals surface area (Å²) in [6.45, 7) is 4.64. The van der Waals surface area contributed by atoms with Crippen molar-refractivity contribution in [1.29, 1.82) is 0 Å². The maximum Gasteiger partial charge on any atom is 0.213 e. The summed E-state index contributed by atoms with van der Waals surface area (Å²) in [5.41, 5.74) is 3.13. The van der Waals surface area contributed by atoms with Crippen molar-refractivity contribution >= 4 is 5.96 Å². The average Bonchev–Trinajstić information content (AvgIpc) is 3.27.